The lowest BCUT2D eigenvalue weighted by Crippen LogP contribution is -2.41. The summed E-state index contributed by atoms with van der Waals surface area (Å²) in [6.45, 7) is 13.2. The zero-order valence-corrected chi connectivity index (χ0v) is 16.0. The van der Waals surface area contributed by atoms with Crippen LogP contribution in [0.25, 0.3) is 5.57 Å². The van der Waals surface area contributed by atoms with Crippen molar-refractivity contribution in [1.29, 1.82) is 0 Å². The molecule has 1 aromatic carbocycles. The largest absolute Gasteiger partial charge is 0.444 e. The molecular weight excluding hydrogens is 314 g/mol. The van der Waals surface area contributed by atoms with Crippen molar-refractivity contribution in [2.75, 3.05) is 0 Å². The van der Waals surface area contributed by atoms with Crippen LogP contribution in [-0.4, -0.2) is 28.9 Å². The van der Waals surface area contributed by atoms with Crippen molar-refractivity contribution in [3.05, 3.63) is 54.6 Å². The van der Waals surface area contributed by atoms with E-state index in [0.717, 1.165) is 11.1 Å². The summed E-state index contributed by atoms with van der Waals surface area (Å²) in [5.41, 5.74) is 1.14. The van der Waals surface area contributed by atoms with Gasteiger partial charge in [0.05, 0.1) is 12.1 Å². The second kappa shape index (κ2) is 9.42. The van der Waals surface area contributed by atoms with Gasteiger partial charge in [-0.05, 0) is 44.2 Å². The van der Waals surface area contributed by atoms with Gasteiger partial charge in [0.25, 0.3) is 0 Å². The Balaban J connectivity index is 3.11. The number of carbonyl (C=O) groups excluding carboxylic acids is 1. The summed E-state index contributed by atoms with van der Waals surface area (Å²) in [6.07, 6.45) is 2.90. The minimum absolute atomic E-state index is 0.141. The molecule has 138 valence electrons. The van der Waals surface area contributed by atoms with Crippen LogP contribution in [0.2, 0.25) is 0 Å². The molecule has 2 atom stereocenters. The second-order valence-corrected chi connectivity index (χ2v) is 7.44. The fraction of sp³-hybridized carbons (Fsp3) is 0.476. The highest BCUT2D eigenvalue weighted by Crippen LogP contribution is 2.23. The summed E-state index contributed by atoms with van der Waals surface area (Å²) >= 11 is 0. The normalized spacial score (nSPS) is 14.8. The van der Waals surface area contributed by atoms with Crippen LogP contribution in [-0.2, 0) is 4.74 Å². The lowest BCUT2D eigenvalue weighted by atomic mass is 9.93. The van der Waals surface area contributed by atoms with E-state index in [-0.39, 0.29) is 12.0 Å². The molecule has 0 aliphatic rings. The first-order valence-electron chi connectivity index (χ1n) is 8.69. The Kier molecular flexibility index (Phi) is 7.91. The summed E-state index contributed by atoms with van der Waals surface area (Å²) in [5.74, 6) is 0.141. The summed E-state index contributed by atoms with van der Waals surface area (Å²) < 4.78 is 5.36. The van der Waals surface area contributed by atoms with Crippen LogP contribution in [0.5, 0.6) is 0 Å². The van der Waals surface area contributed by atoms with E-state index in [0.29, 0.717) is 6.42 Å². The molecule has 0 spiro atoms. The Hall–Kier alpha value is -2.07. The highest BCUT2D eigenvalue weighted by molar-refractivity contribution is 5.72. The third-order valence-corrected chi connectivity index (χ3v) is 3.62. The maximum absolute atomic E-state index is 12.1. The topological polar surface area (TPSA) is 58.6 Å². The van der Waals surface area contributed by atoms with E-state index < -0.39 is 17.8 Å². The fourth-order valence-electron chi connectivity index (χ4n) is 2.35. The number of aliphatic hydroxyl groups excluding tert-OH is 1. The van der Waals surface area contributed by atoms with Gasteiger partial charge >= 0.3 is 6.09 Å². The second-order valence-electron chi connectivity index (χ2n) is 7.44. The molecule has 0 fully saturated rings. The van der Waals surface area contributed by atoms with E-state index in [9.17, 15) is 9.90 Å². The molecule has 1 rings (SSSR count). The van der Waals surface area contributed by atoms with Gasteiger partial charge in [-0.1, -0.05) is 56.3 Å². The minimum Gasteiger partial charge on any atom is -0.444 e. The average Bonchev–Trinajstić information content (AvgIpc) is 2.50. The molecule has 0 saturated carbocycles. The quantitative estimate of drug-likeness (QED) is 0.712. The Labute approximate surface area is 151 Å². The molecule has 2 unspecified atom stereocenters. The molecule has 0 heterocycles. The van der Waals surface area contributed by atoms with Gasteiger partial charge in [-0.2, -0.15) is 0 Å². The summed E-state index contributed by atoms with van der Waals surface area (Å²) in [7, 11) is 0. The van der Waals surface area contributed by atoms with Gasteiger partial charge in [-0.15, -0.1) is 6.58 Å². The molecule has 0 bridgehead atoms. The van der Waals surface area contributed by atoms with Crippen LogP contribution in [0.15, 0.2) is 49.1 Å². The number of rotatable bonds is 7. The van der Waals surface area contributed by atoms with Crippen molar-refractivity contribution in [3.63, 3.8) is 0 Å². The monoisotopic (exact) mass is 345 g/mol. The molecule has 0 aliphatic heterocycles. The van der Waals surface area contributed by atoms with Gasteiger partial charge in [0.15, 0.2) is 0 Å². The van der Waals surface area contributed by atoms with Crippen molar-refractivity contribution < 1.29 is 14.6 Å². The third kappa shape index (κ3) is 7.57. The van der Waals surface area contributed by atoms with Crippen molar-refractivity contribution in [2.45, 2.75) is 58.8 Å². The lowest BCUT2D eigenvalue weighted by molar-refractivity contribution is 0.0504. The Morgan fingerprint density at radius 3 is 2.36 bits per heavy atom. The number of aliphatic hydroxyl groups is 1. The van der Waals surface area contributed by atoms with Gasteiger partial charge < -0.3 is 15.2 Å². The molecular formula is C21H31NO3. The lowest BCUT2D eigenvalue weighted by Gasteiger charge is -2.25. The van der Waals surface area contributed by atoms with Crippen LogP contribution in [0, 0.1) is 5.92 Å². The fourth-order valence-corrected chi connectivity index (χ4v) is 2.35. The van der Waals surface area contributed by atoms with Crippen molar-refractivity contribution in [3.8, 4) is 0 Å². The number of amides is 1. The van der Waals surface area contributed by atoms with Crippen molar-refractivity contribution >= 4 is 11.7 Å². The SMILES string of the molecule is C=CCC(O)C(=CC(NC(=O)OC(C)(C)C)C(C)C)c1ccccc1. The van der Waals surface area contributed by atoms with Crippen LogP contribution >= 0.6 is 0 Å². The number of hydrogen-bond donors (Lipinski definition) is 2. The number of carbonyl (C=O) groups is 1. The standard InChI is InChI=1S/C21H31NO3/c1-7-11-19(23)17(16-12-9-8-10-13-16)14-18(15(2)3)22-20(24)25-21(4,5)6/h7-10,12-15,18-19,23H,1,11H2,2-6H3,(H,22,24). The first kappa shape index (κ1) is 21.0. The first-order valence-corrected chi connectivity index (χ1v) is 8.69. The van der Waals surface area contributed by atoms with E-state index in [1.54, 1.807) is 6.08 Å². The van der Waals surface area contributed by atoms with Crippen LogP contribution < -0.4 is 5.32 Å². The Bertz CT molecular complexity index is 585. The Morgan fingerprint density at radius 2 is 1.88 bits per heavy atom. The van der Waals surface area contributed by atoms with E-state index in [1.165, 1.54) is 0 Å². The van der Waals surface area contributed by atoms with E-state index in [4.69, 9.17) is 4.74 Å². The maximum Gasteiger partial charge on any atom is 0.408 e. The zero-order chi connectivity index (χ0) is 19.0. The number of ether oxygens (including phenoxy) is 1. The molecule has 2 N–H and O–H groups in total. The molecule has 0 aliphatic carbocycles. The van der Waals surface area contributed by atoms with Gasteiger partial charge in [-0.3, -0.25) is 0 Å². The van der Waals surface area contributed by atoms with Gasteiger partial charge in [0.2, 0.25) is 0 Å². The average molecular weight is 345 g/mol. The predicted octanol–water partition coefficient (Wildman–Crippen LogP) is 4.56. The molecule has 0 radical (unpaired) electrons. The highest BCUT2D eigenvalue weighted by atomic mass is 16.6. The summed E-state index contributed by atoms with van der Waals surface area (Å²) in [6, 6.07) is 9.42. The van der Waals surface area contributed by atoms with Crippen LogP contribution in [0.3, 0.4) is 0 Å². The smallest absolute Gasteiger partial charge is 0.408 e. The summed E-state index contributed by atoms with van der Waals surface area (Å²) in [4.78, 5) is 12.1. The van der Waals surface area contributed by atoms with E-state index in [2.05, 4.69) is 11.9 Å². The Morgan fingerprint density at radius 1 is 1.28 bits per heavy atom. The number of alkyl carbamates (subject to hydrolysis) is 1. The van der Waals surface area contributed by atoms with Crippen molar-refractivity contribution in [2.24, 2.45) is 5.92 Å². The molecule has 25 heavy (non-hydrogen) atoms. The highest BCUT2D eigenvalue weighted by Gasteiger charge is 2.22. The molecule has 0 aromatic heterocycles. The molecule has 4 heteroatoms. The first-order chi connectivity index (χ1) is 11.6. The van der Waals surface area contributed by atoms with Gasteiger partial charge in [0.1, 0.15) is 5.60 Å². The van der Waals surface area contributed by atoms with E-state index in [1.807, 2.05) is 71.0 Å². The summed E-state index contributed by atoms with van der Waals surface area (Å²) in [5, 5.41) is 13.4. The predicted molar refractivity (Wildman–Crippen MR) is 103 cm³/mol. The molecule has 0 saturated heterocycles. The number of benzene rings is 1. The minimum atomic E-state index is -0.679. The maximum atomic E-state index is 12.1. The van der Waals surface area contributed by atoms with Crippen LogP contribution in [0.1, 0.15) is 46.6 Å². The number of nitrogens with one attached hydrogen (secondary N) is 1. The van der Waals surface area contributed by atoms with E-state index >= 15 is 0 Å². The third-order valence-electron chi connectivity index (χ3n) is 3.62. The molecule has 4 nitrogen and oxygen atoms in total. The zero-order valence-electron chi connectivity index (χ0n) is 16.0. The van der Waals surface area contributed by atoms with Gasteiger partial charge in [0, 0.05) is 0 Å². The molecule has 1 amide bonds. The van der Waals surface area contributed by atoms with Crippen LogP contribution in [0.4, 0.5) is 4.79 Å². The van der Waals surface area contributed by atoms with Crippen molar-refractivity contribution in [1.82, 2.24) is 5.32 Å². The number of hydrogen-bond acceptors (Lipinski definition) is 3. The van der Waals surface area contributed by atoms with Gasteiger partial charge in [-0.25, -0.2) is 4.79 Å². The molecule has 1 aromatic rings.